The highest BCUT2D eigenvalue weighted by atomic mass is 32.1. The van der Waals surface area contributed by atoms with Crippen molar-refractivity contribution in [3.63, 3.8) is 0 Å². The summed E-state index contributed by atoms with van der Waals surface area (Å²) in [6.07, 6.45) is 12.9. The third-order valence-corrected chi connectivity index (χ3v) is 6.84. The van der Waals surface area contributed by atoms with E-state index >= 15 is 0 Å². The van der Waals surface area contributed by atoms with Crippen LogP contribution < -0.4 is 0 Å². The van der Waals surface area contributed by atoms with Crippen molar-refractivity contribution in [2.45, 2.75) is 12.5 Å². The van der Waals surface area contributed by atoms with Gasteiger partial charge in [0.15, 0.2) is 0 Å². The number of hydrogen-bond donors (Lipinski definition) is 0. The van der Waals surface area contributed by atoms with Crippen molar-refractivity contribution in [2.24, 2.45) is 5.92 Å². The van der Waals surface area contributed by atoms with Crippen molar-refractivity contribution in [3.05, 3.63) is 78.5 Å². The predicted molar refractivity (Wildman–Crippen MR) is 106 cm³/mol. The molecule has 122 valence electrons. The Morgan fingerprint density at radius 3 is 2.68 bits per heavy atom. The van der Waals surface area contributed by atoms with Crippen molar-refractivity contribution >= 4 is 37.1 Å². The fraction of sp³-hybridized carbons (Fsp3) is 0.182. The van der Waals surface area contributed by atoms with Crippen LogP contribution in [0.4, 0.5) is 0 Å². The molecule has 1 aromatic heterocycles. The second-order valence-corrected chi connectivity index (χ2v) is 8.10. The number of allylic oxidation sites excluding steroid dienone is 3. The number of nitrogens with zero attached hydrogens (tertiary/aromatic N) is 2. The molecular weight excluding hydrogens is 324 g/mol. The smallest absolute Gasteiger partial charge is 0.104 e. The fourth-order valence-electron chi connectivity index (χ4n) is 4.23. The molecule has 6 rings (SSSR count). The summed E-state index contributed by atoms with van der Waals surface area (Å²) in [5.41, 5.74) is 2.75. The Bertz CT molecular complexity index is 1090. The van der Waals surface area contributed by atoms with Crippen LogP contribution in [0.1, 0.15) is 12.0 Å². The van der Waals surface area contributed by atoms with Crippen LogP contribution in [0, 0.1) is 5.92 Å². The van der Waals surface area contributed by atoms with Gasteiger partial charge >= 0.3 is 0 Å². The monoisotopic (exact) mass is 342 g/mol. The van der Waals surface area contributed by atoms with E-state index < -0.39 is 0 Å². The Hall–Kier alpha value is -2.36. The zero-order valence-electron chi connectivity index (χ0n) is 13.8. The molecule has 3 unspecified atom stereocenters. The predicted octanol–water partition coefficient (Wildman–Crippen LogP) is 5.40. The SMILES string of the molecule is C1=CC(C2C=CN3CN23)CC=C1c1cccc2c1sc1ccccc12. The van der Waals surface area contributed by atoms with Gasteiger partial charge in [-0.15, -0.1) is 11.3 Å². The lowest BCUT2D eigenvalue weighted by atomic mass is 9.88. The summed E-state index contributed by atoms with van der Waals surface area (Å²) in [5, 5.41) is 7.48. The second-order valence-electron chi connectivity index (χ2n) is 7.05. The fourth-order valence-corrected chi connectivity index (χ4v) is 5.47. The number of thiophene rings is 1. The van der Waals surface area contributed by atoms with Crippen LogP contribution in [-0.2, 0) is 0 Å². The lowest BCUT2D eigenvalue weighted by molar-refractivity contribution is 0.305. The Morgan fingerprint density at radius 2 is 1.88 bits per heavy atom. The molecule has 0 amide bonds. The van der Waals surface area contributed by atoms with Crippen LogP contribution in [0.2, 0.25) is 0 Å². The minimum Gasteiger partial charge on any atom is -0.295 e. The highest BCUT2D eigenvalue weighted by molar-refractivity contribution is 7.26. The van der Waals surface area contributed by atoms with Gasteiger partial charge in [0.05, 0.1) is 6.04 Å². The first-order valence-electron chi connectivity index (χ1n) is 8.89. The molecule has 1 saturated heterocycles. The number of fused-ring (bicyclic) bond motifs is 4. The summed E-state index contributed by atoms with van der Waals surface area (Å²) < 4.78 is 2.79. The van der Waals surface area contributed by atoms with E-state index in [0.29, 0.717) is 12.0 Å². The van der Waals surface area contributed by atoms with Crippen LogP contribution in [0.3, 0.4) is 0 Å². The third kappa shape index (κ3) is 2.06. The van der Waals surface area contributed by atoms with Gasteiger partial charge in [-0.1, -0.05) is 54.6 Å². The zero-order valence-corrected chi connectivity index (χ0v) is 14.6. The van der Waals surface area contributed by atoms with Crippen molar-refractivity contribution < 1.29 is 0 Å². The number of hydrogen-bond acceptors (Lipinski definition) is 3. The molecule has 0 saturated carbocycles. The molecule has 2 aliphatic heterocycles. The summed E-state index contributed by atoms with van der Waals surface area (Å²) in [6.45, 7) is 1.10. The van der Waals surface area contributed by atoms with Gasteiger partial charge in [-0.2, -0.15) is 5.01 Å². The minimum atomic E-state index is 0.550. The number of rotatable bonds is 2. The third-order valence-electron chi connectivity index (χ3n) is 5.62. The summed E-state index contributed by atoms with van der Waals surface area (Å²) in [6, 6.07) is 16.0. The lowest BCUT2D eigenvalue weighted by Crippen LogP contribution is -2.24. The Labute approximate surface area is 150 Å². The molecule has 3 heterocycles. The molecule has 3 aromatic rings. The maximum absolute atomic E-state index is 2.43. The van der Waals surface area contributed by atoms with E-state index in [2.05, 4.69) is 83.0 Å². The largest absolute Gasteiger partial charge is 0.295 e. The highest BCUT2D eigenvalue weighted by Gasteiger charge is 2.41. The summed E-state index contributed by atoms with van der Waals surface area (Å²) in [4.78, 5) is 0. The van der Waals surface area contributed by atoms with E-state index in [1.807, 2.05) is 11.3 Å². The van der Waals surface area contributed by atoms with E-state index in [0.717, 1.165) is 13.1 Å². The topological polar surface area (TPSA) is 6.02 Å². The van der Waals surface area contributed by atoms with Crippen LogP contribution in [0.5, 0.6) is 0 Å². The molecule has 3 atom stereocenters. The van der Waals surface area contributed by atoms with Crippen molar-refractivity contribution in [2.75, 3.05) is 6.67 Å². The van der Waals surface area contributed by atoms with Gasteiger partial charge in [0, 0.05) is 32.3 Å². The summed E-state index contributed by atoms with van der Waals surface area (Å²) in [5.74, 6) is 0.592. The van der Waals surface area contributed by atoms with Crippen molar-refractivity contribution in [1.82, 2.24) is 10.0 Å². The molecule has 25 heavy (non-hydrogen) atoms. The molecule has 0 bridgehead atoms. The van der Waals surface area contributed by atoms with Gasteiger partial charge < -0.3 is 0 Å². The number of benzene rings is 2. The normalized spacial score (nSPS) is 27.1. The first-order chi connectivity index (χ1) is 12.4. The molecule has 0 N–H and O–H groups in total. The molecule has 1 fully saturated rings. The van der Waals surface area contributed by atoms with Gasteiger partial charge in [0.1, 0.15) is 6.67 Å². The first kappa shape index (κ1) is 13.9. The molecule has 2 aromatic carbocycles. The molecule has 0 spiro atoms. The van der Waals surface area contributed by atoms with E-state index in [9.17, 15) is 0 Å². The second kappa shape index (κ2) is 5.07. The summed E-state index contributed by atoms with van der Waals surface area (Å²) >= 11 is 1.91. The molecule has 0 radical (unpaired) electrons. The van der Waals surface area contributed by atoms with Crippen LogP contribution in [-0.4, -0.2) is 22.7 Å². The molecular formula is C22H18N2S. The Kier molecular flexibility index (Phi) is 2.81. The van der Waals surface area contributed by atoms with Crippen LogP contribution >= 0.6 is 11.3 Å². The summed E-state index contributed by atoms with van der Waals surface area (Å²) in [7, 11) is 0. The van der Waals surface area contributed by atoms with E-state index in [1.54, 1.807) is 0 Å². The van der Waals surface area contributed by atoms with E-state index in [1.165, 1.54) is 31.3 Å². The van der Waals surface area contributed by atoms with E-state index in [-0.39, 0.29) is 0 Å². The van der Waals surface area contributed by atoms with Crippen LogP contribution in [0.15, 0.2) is 73.0 Å². The van der Waals surface area contributed by atoms with Gasteiger partial charge in [0.25, 0.3) is 0 Å². The lowest BCUT2D eigenvalue weighted by Gasteiger charge is -2.22. The Balaban J connectivity index is 1.39. The average Bonchev–Trinajstić information content (AvgIpc) is 3.16. The van der Waals surface area contributed by atoms with Gasteiger partial charge in [-0.25, -0.2) is 0 Å². The van der Waals surface area contributed by atoms with Crippen molar-refractivity contribution in [1.29, 1.82) is 0 Å². The average molecular weight is 342 g/mol. The zero-order chi connectivity index (χ0) is 16.4. The number of hydrazine groups is 1. The van der Waals surface area contributed by atoms with Crippen molar-refractivity contribution in [3.8, 4) is 0 Å². The first-order valence-corrected chi connectivity index (χ1v) is 9.71. The molecule has 3 aliphatic rings. The molecule has 1 aliphatic carbocycles. The quantitative estimate of drug-likeness (QED) is 0.575. The maximum atomic E-state index is 2.43. The highest BCUT2D eigenvalue weighted by Crippen LogP contribution is 2.41. The minimum absolute atomic E-state index is 0.550. The maximum Gasteiger partial charge on any atom is 0.104 e. The molecule has 2 nitrogen and oxygen atoms in total. The van der Waals surface area contributed by atoms with Gasteiger partial charge in [-0.05, 0) is 29.7 Å². The molecule has 3 heteroatoms. The van der Waals surface area contributed by atoms with Gasteiger partial charge in [-0.3, -0.25) is 5.01 Å². The Morgan fingerprint density at radius 1 is 0.960 bits per heavy atom. The van der Waals surface area contributed by atoms with Gasteiger partial charge in [0.2, 0.25) is 0 Å². The van der Waals surface area contributed by atoms with Crippen LogP contribution in [0.25, 0.3) is 25.7 Å². The van der Waals surface area contributed by atoms with E-state index in [4.69, 9.17) is 0 Å². The standard InChI is InChI=1S/C22H18N2S/c1-2-7-21-18(4-1)19-6-3-5-17(22(19)25-21)15-8-10-16(11-9-15)20-12-13-23-14-24(20)23/h1-10,12-13,16,20H,11,14H2.